The van der Waals surface area contributed by atoms with Gasteiger partial charge in [0.25, 0.3) is 0 Å². The predicted molar refractivity (Wildman–Crippen MR) is 105 cm³/mol. The van der Waals surface area contributed by atoms with E-state index in [2.05, 4.69) is 17.3 Å². The largest absolute Gasteiger partial charge is 0.340 e. The molecule has 2 aliphatic carbocycles. The highest BCUT2D eigenvalue weighted by Crippen LogP contribution is 2.41. The molecule has 0 saturated carbocycles. The number of aromatic nitrogens is 3. The van der Waals surface area contributed by atoms with Crippen molar-refractivity contribution in [3.05, 3.63) is 34.5 Å². The summed E-state index contributed by atoms with van der Waals surface area (Å²) in [5.41, 5.74) is 4.37. The molecule has 0 radical (unpaired) electrons. The van der Waals surface area contributed by atoms with Crippen LogP contribution in [-0.2, 0) is 35.6 Å². The number of anilines is 1. The van der Waals surface area contributed by atoms with E-state index < -0.39 is 33.2 Å². The Morgan fingerprint density at radius 1 is 1.33 bits per heavy atom. The Hall–Kier alpha value is -2.47. The molecule has 2 amide bonds. The number of nitrogens with one attached hydrogen (secondary N) is 2. The SMILES string of the molecule is C[C@@H]1CCc2c1nc1c(c2NC(=O)N[SH](N)(=O)c2nn(C(C)(F)F)cc2F)CCC1. The van der Waals surface area contributed by atoms with Crippen molar-refractivity contribution in [1.82, 2.24) is 19.5 Å². The number of amides is 2. The van der Waals surface area contributed by atoms with Gasteiger partial charge in [0.1, 0.15) is 0 Å². The van der Waals surface area contributed by atoms with Gasteiger partial charge in [-0.05, 0) is 49.1 Å². The van der Waals surface area contributed by atoms with E-state index in [1.165, 1.54) is 0 Å². The van der Waals surface area contributed by atoms with E-state index in [0.29, 0.717) is 18.8 Å². The van der Waals surface area contributed by atoms with Gasteiger partial charge in [-0.25, -0.2) is 18.1 Å². The number of aryl methyl sites for hydroxylation is 1. The van der Waals surface area contributed by atoms with Gasteiger partial charge in [-0.1, -0.05) is 6.92 Å². The lowest BCUT2D eigenvalue weighted by atomic mass is 10.0. The maximum atomic E-state index is 14.1. The van der Waals surface area contributed by atoms with Crippen molar-refractivity contribution in [3.63, 3.8) is 0 Å². The number of halogens is 3. The quantitative estimate of drug-likeness (QED) is 0.543. The van der Waals surface area contributed by atoms with E-state index in [1.807, 2.05) is 4.72 Å². The molecule has 0 unspecified atom stereocenters. The summed E-state index contributed by atoms with van der Waals surface area (Å²) in [5, 5.41) is 10.7. The van der Waals surface area contributed by atoms with Crippen LogP contribution >= 0.6 is 0 Å². The smallest absolute Gasteiger partial charge is 0.307 e. The molecule has 4 N–H and O–H groups in total. The minimum atomic E-state index is -4.39. The minimum absolute atomic E-state index is 0.0147. The molecule has 12 heteroatoms. The van der Waals surface area contributed by atoms with E-state index in [0.717, 1.165) is 54.6 Å². The monoisotopic (exact) mass is 444 g/mol. The first-order valence-electron chi connectivity index (χ1n) is 9.64. The molecule has 30 heavy (non-hydrogen) atoms. The van der Waals surface area contributed by atoms with Crippen molar-refractivity contribution in [2.24, 2.45) is 5.14 Å². The number of pyridine rings is 1. The number of hydrogen-bond donors (Lipinski definition) is 4. The summed E-state index contributed by atoms with van der Waals surface area (Å²) in [6, 6.07) is -4.43. The topological polar surface area (TPSA) is 115 Å². The van der Waals surface area contributed by atoms with E-state index in [4.69, 9.17) is 10.1 Å². The highest BCUT2D eigenvalue weighted by molar-refractivity contribution is 7.99. The molecule has 0 spiro atoms. The standard InChI is InChI=1S/C18H23F3N6O2S/c1-9-6-7-11-14(9)23-13-5-3-4-10(13)15(11)24-17(28)26-30(22,29)16-12(19)8-27(25-16)18(2,20)21/h8-9,30H,3-7H2,1-2H3,(H4,22,23,24,26,28,29)/t9-/m1/s1. The first kappa shape index (κ1) is 20.8. The van der Waals surface area contributed by atoms with Crippen LogP contribution in [0.2, 0.25) is 0 Å². The normalized spacial score (nSPS) is 18.8. The molecule has 2 heterocycles. The van der Waals surface area contributed by atoms with Gasteiger partial charge in [0.05, 0.1) is 22.2 Å². The average molecular weight is 444 g/mol. The summed E-state index contributed by atoms with van der Waals surface area (Å²) < 4.78 is 55.6. The van der Waals surface area contributed by atoms with Crippen LogP contribution < -0.4 is 15.2 Å². The lowest BCUT2D eigenvalue weighted by molar-refractivity contribution is -0.0733. The summed E-state index contributed by atoms with van der Waals surface area (Å²) in [7, 11) is -4.39. The molecule has 2 aliphatic rings. The molecule has 0 saturated heterocycles. The number of alkyl halides is 2. The molecule has 0 aromatic carbocycles. The number of thiol groups is 1. The number of nitrogens with zero attached hydrogens (tertiary/aromatic N) is 3. The minimum Gasteiger partial charge on any atom is -0.307 e. The Morgan fingerprint density at radius 3 is 2.73 bits per heavy atom. The summed E-state index contributed by atoms with van der Waals surface area (Å²) in [6.07, 6.45) is 4.53. The summed E-state index contributed by atoms with van der Waals surface area (Å²) >= 11 is 0. The fraction of sp³-hybridized carbons (Fsp3) is 0.500. The Balaban J connectivity index is 1.60. The van der Waals surface area contributed by atoms with Crippen LogP contribution in [0.3, 0.4) is 0 Å². The molecule has 164 valence electrons. The van der Waals surface area contributed by atoms with Gasteiger partial charge in [-0.3, -0.25) is 14.8 Å². The van der Waals surface area contributed by atoms with Gasteiger partial charge in [0, 0.05) is 18.3 Å². The third kappa shape index (κ3) is 3.58. The number of carbonyl (C=O) groups is 1. The highest BCUT2D eigenvalue weighted by atomic mass is 32.3. The molecule has 0 aliphatic heterocycles. The average Bonchev–Trinajstić information content (AvgIpc) is 3.33. The number of fused-ring (bicyclic) bond motifs is 2. The van der Waals surface area contributed by atoms with E-state index in [9.17, 15) is 22.2 Å². The zero-order valence-corrected chi connectivity index (χ0v) is 17.4. The number of nitrogens with two attached hydrogens (primary N) is 1. The molecular formula is C18H23F3N6O2S. The van der Waals surface area contributed by atoms with Crippen molar-refractivity contribution < 1.29 is 22.2 Å². The van der Waals surface area contributed by atoms with Crippen molar-refractivity contribution >= 4 is 22.0 Å². The van der Waals surface area contributed by atoms with Crippen LogP contribution in [0.1, 0.15) is 55.1 Å². The summed E-state index contributed by atoms with van der Waals surface area (Å²) in [4.78, 5) is 17.4. The van der Waals surface area contributed by atoms with Gasteiger partial charge in [0.15, 0.2) is 10.8 Å². The second-order valence-electron chi connectivity index (χ2n) is 7.88. The van der Waals surface area contributed by atoms with Crippen LogP contribution in [0, 0.1) is 5.82 Å². The van der Waals surface area contributed by atoms with Crippen LogP contribution in [-0.4, -0.2) is 25.0 Å². The molecule has 1 atom stereocenters. The predicted octanol–water partition coefficient (Wildman–Crippen LogP) is 2.51. The second kappa shape index (κ2) is 7.05. The molecule has 2 aromatic heterocycles. The van der Waals surface area contributed by atoms with Crippen molar-refractivity contribution in [1.29, 1.82) is 0 Å². The molecular weight excluding hydrogens is 421 g/mol. The maximum Gasteiger partial charge on any atom is 0.340 e. The third-order valence-corrected chi connectivity index (χ3v) is 6.99. The van der Waals surface area contributed by atoms with Gasteiger partial charge in [-0.2, -0.15) is 13.9 Å². The maximum absolute atomic E-state index is 14.1. The number of rotatable bonds is 4. The van der Waals surface area contributed by atoms with Gasteiger partial charge in [-0.15, -0.1) is 0 Å². The Kier molecular flexibility index (Phi) is 4.88. The molecule has 0 bridgehead atoms. The van der Waals surface area contributed by atoms with Crippen molar-refractivity contribution in [3.8, 4) is 0 Å². The molecule has 2 aromatic rings. The Bertz CT molecular complexity index is 1080. The number of urea groups is 1. The van der Waals surface area contributed by atoms with Crippen LogP contribution in [0.25, 0.3) is 0 Å². The summed E-state index contributed by atoms with van der Waals surface area (Å²) in [6.45, 7) is 2.57. The second-order valence-corrected chi connectivity index (χ2v) is 9.84. The van der Waals surface area contributed by atoms with Crippen LogP contribution in [0.4, 0.5) is 23.7 Å². The number of carbonyl (C=O) groups excluding carboxylic acids is 1. The Labute approximate surface area is 172 Å². The van der Waals surface area contributed by atoms with Crippen LogP contribution in [0.15, 0.2) is 11.2 Å². The van der Waals surface area contributed by atoms with Crippen molar-refractivity contribution in [2.45, 2.75) is 62.9 Å². The zero-order valence-electron chi connectivity index (χ0n) is 16.5. The van der Waals surface area contributed by atoms with Gasteiger partial charge < -0.3 is 5.32 Å². The molecule has 0 fully saturated rings. The first-order chi connectivity index (χ1) is 14.0. The highest BCUT2D eigenvalue weighted by Gasteiger charge is 2.33. The molecule has 4 rings (SSSR count). The third-order valence-electron chi connectivity index (χ3n) is 5.53. The number of hydrogen-bond acceptors (Lipinski definition) is 4. The fourth-order valence-corrected chi connectivity index (χ4v) is 5.14. The molecule has 8 nitrogen and oxygen atoms in total. The summed E-state index contributed by atoms with van der Waals surface area (Å²) in [5.74, 6) is -1.02. The van der Waals surface area contributed by atoms with E-state index in [1.54, 1.807) is 0 Å². The van der Waals surface area contributed by atoms with Crippen molar-refractivity contribution in [2.75, 3.05) is 5.32 Å². The van der Waals surface area contributed by atoms with Gasteiger partial charge >= 0.3 is 12.1 Å². The lowest BCUT2D eigenvalue weighted by Crippen LogP contribution is -2.46. The van der Waals surface area contributed by atoms with E-state index >= 15 is 0 Å². The van der Waals surface area contributed by atoms with Gasteiger partial charge in [0.2, 0.25) is 0 Å². The zero-order chi connectivity index (χ0) is 21.8. The Morgan fingerprint density at radius 2 is 2.07 bits per heavy atom. The lowest BCUT2D eigenvalue weighted by Gasteiger charge is -2.21. The first-order valence-corrected chi connectivity index (χ1v) is 11.4. The fourth-order valence-electron chi connectivity index (χ4n) is 4.07. The van der Waals surface area contributed by atoms with Crippen LogP contribution in [0.5, 0.6) is 0 Å². The van der Waals surface area contributed by atoms with E-state index in [-0.39, 0.29) is 10.6 Å².